The zero-order valence-electron chi connectivity index (χ0n) is 5.93. The average molecular weight is 171 g/mol. The van der Waals surface area contributed by atoms with E-state index in [1.54, 1.807) is 0 Å². The Morgan fingerprint density at radius 3 is 2.27 bits per heavy atom. The molecule has 0 radical (unpaired) electrons. The van der Waals surface area contributed by atoms with Gasteiger partial charge in [0.15, 0.2) is 0 Å². The molecule has 11 heavy (non-hydrogen) atoms. The molecule has 0 spiro atoms. The zero-order chi connectivity index (χ0) is 7.84. The lowest BCUT2D eigenvalue weighted by Gasteiger charge is -1.95. The first-order valence-corrected chi connectivity index (χ1v) is 4.10. The highest BCUT2D eigenvalue weighted by Crippen LogP contribution is 2.44. The summed E-state index contributed by atoms with van der Waals surface area (Å²) in [5, 5.41) is 0.278. The van der Waals surface area contributed by atoms with Crippen molar-refractivity contribution in [3.8, 4) is 0 Å². The molecule has 0 N–H and O–H groups in total. The molecule has 2 heteroatoms. The van der Waals surface area contributed by atoms with Gasteiger partial charge < -0.3 is 0 Å². The fourth-order valence-corrected chi connectivity index (χ4v) is 1.56. The third-order valence-electron chi connectivity index (χ3n) is 2.01. The van der Waals surface area contributed by atoms with Crippen molar-refractivity contribution < 1.29 is 4.39 Å². The van der Waals surface area contributed by atoms with E-state index in [0.29, 0.717) is 5.92 Å². The van der Waals surface area contributed by atoms with Gasteiger partial charge in [-0.3, -0.25) is 0 Å². The minimum absolute atomic E-state index is 0.180. The Morgan fingerprint density at radius 2 is 1.82 bits per heavy atom. The maximum Gasteiger partial charge on any atom is 0.123 e. The molecule has 2 rings (SSSR count). The van der Waals surface area contributed by atoms with Gasteiger partial charge in [0.25, 0.3) is 0 Å². The molecule has 0 nitrogen and oxygen atoms in total. The van der Waals surface area contributed by atoms with E-state index in [1.807, 2.05) is 12.1 Å². The van der Waals surface area contributed by atoms with Crippen LogP contribution in [0.2, 0.25) is 0 Å². The number of alkyl halides is 1. The molecule has 0 unspecified atom stereocenters. The van der Waals surface area contributed by atoms with E-state index in [1.165, 1.54) is 12.1 Å². The summed E-state index contributed by atoms with van der Waals surface area (Å²) in [5.74, 6) is 0.290. The Balaban J connectivity index is 2.21. The molecule has 0 saturated heterocycles. The molecule has 0 bridgehead atoms. The van der Waals surface area contributed by atoms with Crippen LogP contribution in [0.1, 0.15) is 17.9 Å². The van der Waals surface area contributed by atoms with Crippen LogP contribution in [0.15, 0.2) is 24.3 Å². The lowest BCUT2D eigenvalue weighted by molar-refractivity contribution is 0.627. The minimum atomic E-state index is -0.180. The Morgan fingerprint density at radius 1 is 1.27 bits per heavy atom. The molecule has 0 aliphatic heterocycles. The van der Waals surface area contributed by atoms with Crippen LogP contribution in [0, 0.1) is 5.82 Å². The normalized spacial score (nSPS) is 28.5. The third kappa shape index (κ3) is 1.38. The quantitative estimate of drug-likeness (QED) is 0.569. The van der Waals surface area contributed by atoms with Crippen molar-refractivity contribution in [2.24, 2.45) is 0 Å². The van der Waals surface area contributed by atoms with Gasteiger partial charge in [0.2, 0.25) is 0 Å². The molecule has 58 valence electrons. The van der Waals surface area contributed by atoms with Crippen molar-refractivity contribution in [3.63, 3.8) is 0 Å². The minimum Gasteiger partial charge on any atom is -0.207 e. The van der Waals surface area contributed by atoms with Crippen molar-refractivity contribution >= 4 is 11.6 Å². The van der Waals surface area contributed by atoms with E-state index >= 15 is 0 Å². The van der Waals surface area contributed by atoms with E-state index in [-0.39, 0.29) is 11.2 Å². The van der Waals surface area contributed by atoms with Crippen molar-refractivity contribution in [2.45, 2.75) is 17.7 Å². The van der Waals surface area contributed by atoms with Gasteiger partial charge in [-0.2, -0.15) is 0 Å². The molecule has 1 saturated carbocycles. The number of benzene rings is 1. The Bertz CT molecular complexity index is 255. The van der Waals surface area contributed by atoms with Gasteiger partial charge in [-0.05, 0) is 24.1 Å². The van der Waals surface area contributed by atoms with Gasteiger partial charge in [-0.1, -0.05) is 12.1 Å². The molecule has 1 aliphatic carbocycles. The van der Waals surface area contributed by atoms with Crippen molar-refractivity contribution in [2.75, 3.05) is 0 Å². The van der Waals surface area contributed by atoms with Crippen molar-refractivity contribution in [1.82, 2.24) is 0 Å². The topological polar surface area (TPSA) is 0 Å². The van der Waals surface area contributed by atoms with Crippen LogP contribution in [0.5, 0.6) is 0 Å². The Labute approximate surface area is 70.0 Å². The summed E-state index contributed by atoms with van der Waals surface area (Å²) < 4.78 is 12.4. The molecule has 1 aliphatic rings. The highest BCUT2D eigenvalue weighted by atomic mass is 35.5. The highest BCUT2D eigenvalue weighted by Gasteiger charge is 2.36. The summed E-state index contributed by atoms with van der Waals surface area (Å²) in [6.45, 7) is 0. The zero-order valence-corrected chi connectivity index (χ0v) is 6.68. The van der Waals surface area contributed by atoms with Gasteiger partial charge in [0.05, 0.1) is 0 Å². The van der Waals surface area contributed by atoms with Gasteiger partial charge >= 0.3 is 0 Å². The predicted molar refractivity (Wildman–Crippen MR) is 43.4 cm³/mol. The number of rotatable bonds is 1. The third-order valence-corrected chi connectivity index (χ3v) is 2.49. The second kappa shape index (κ2) is 2.49. The van der Waals surface area contributed by atoms with Crippen LogP contribution < -0.4 is 0 Å². The summed E-state index contributed by atoms with van der Waals surface area (Å²) in [6.07, 6.45) is 1.03. The summed E-state index contributed by atoms with van der Waals surface area (Å²) in [6, 6.07) is 6.58. The van der Waals surface area contributed by atoms with Crippen molar-refractivity contribution in [1.29, 1.82) is 0 Å². The molecule has 0 aromatic heterocycles. The van der Waals surface area contributed by atoms with Crippen LogP contribution in [0.25, 0.3) is 0 Å². The van der Waals surface area contributed by atoms with E-state index in [4.69, 9.17) is 11.6 Å². The second-order valence-corrected chi connectivity index (χ2v) is 3.47. The summed E-state index contributed by atoms with van der Waals surface area (Å²) in [5.41, 5.74) is 1.16. The fourth-order valence-electron chi connectivity index (χ4n) is 1.22. The summed E-state index contributed by atoms with van der Waals surface area (Å²) in [4.78, 5) is 0. The number of hydrogen-bond donors (Lipinski definition) is 0. The number of halogens is 2. The molecule has 1 aromatic carbocycles. The molecule has 0 heterocycles. The standard InChI is InChI=1S/C9H8ClF/c10-9-5-8(9)6-1-3-7(11)4-2-6/h1-4,8-9H,5H2/t8-,9-/m1/s1. The fraction of sp³-hybridized carbons (Fsp3) is 0.333. The first kappa shape index (κ1) is 7.11. The molecular formula is C9H8ClF. The van der Waals surface area contributed by atoms with Gasteiger partial charge in [0.1, 0.15) is 5.82 Å². The molecule has 2 atom stereocenters. The highest BCUT2D eigenvalue weighted by molar-refractivity contribution is 6.23. The van der Waals surface area contributed by atoms with Crippen LogP contribution in [0.3, 0.4) is 0 Å². The Kier molecular flexibility index (Phi) is 1.61. The maximum atomic E-state index is 12.4. The molecule has 1 fully saturated rings. The first-order valence-electron chi connectivity index (χ1n) is 3.67. The van der Waals surface area contributed by atoms with Crippen LogP contribution in [-0.2, 0) is 0 Å². The van der Waals surface area contributed by atoms with Crippen LogP contribution in [0.4, 0.5) is 4.39 Å². The summed E-state index contributed by atoms with van der Waals surface area (Å²) in [7, 11) is 0. The van der Waals surface area contributed by atoms with Gasteiger partial charge in [-0.25, -0.2) is 4.39 Å². The second-order valence-electron chi connectivity index (χ2n) is 2.91. The van der Waals surface area contributed by atoms with E-state index in [2.05, 4.69) is 0 Å². The first-order chi connectivity index (χ1) is 5.27. The number of hydrogen-bond acceptors (Lipinski definition) is 0. The predicted octanol–water partition coefficient (Wildman–Crippen LogP) is 2.92. The van der Waals surface area contributed by atoms with Crippen LogP contribution >= 0.6 is 11.6 Å². The Hall–Kier alpha value is -0.560. The molecule has 1 aromatic rings. The largest absolute Gasteiger partial charge is 0.207 e. The van der Waals surface area contributed by atoms with E-state index in [9.17, 15) is 4.39 Å². The van der Waals surface area contributed by atoms with E-state index < -0.39 is 0 Å². The summed E-state index contributed by atoms with van der Waals surface area (Å²) >= 11 is 5.83. The monoisotopic (exact) mass is 170 g/mol. The lowest BCUT2D eigenvalue weighted by atomic mass is 10.1. The average Bonchev–Trinajstić information content (AvgIpc) is 2.69. The van der Waals surface area contributed by atoms with Crippen molar-refractivity contribution in [3.05, 3.63) is 35.6 Å². The van der Waals surface area contributed by atoms with Gasteiger partial charge in [0, 0.05) is 11.3 Å². The molecular weight excluding hydrogens is 163 g/mol. The molecule has 0 amide bonds. The smallest absolute Gasteiger partial charge is 0.123 e. The SMILES string of the molecule is Fc1ccc([C@H]2C[C@H]2Cl)cc1. The van der Waals surface area contributed by atoms with Crippen LogP contribution in [-0.4, -0.2) is 5.38 Å². The maximum absolute atomic E-state index is 12.4. The van der Waals surface area contributed by atoms with E-state index in [0.717, 1.165) is 12.0 Å². The lowest BCUT2D eigenvalue weighted by Crippen LogP contribution is -1.81. The van der Waals surface area contributed by atoms with Gasteiger partial charge in [-0.15, -0.1) is 11.6 Å².